The summed E-state index contributed by atoms with van der Waals surface area (Å²) in [5, 5.41) is 9.26. The average Bonchev–Trinajstić information content (AvgIpc) is 2.10. The van der Waals surface area contributed by atoms with Crippen molar-refractivity contribution in [2.24, 2.45) is 0 Å². The molecule has 0 aliphatic carbocycles. The summed E-state index contributed by atoms with van der Waals surface area (Å²) in [6.45, 7) is 7.11. The van der Waals surface area contributed by atoms with Crippen molar-refractivity contribution in [2.75, 3.05) is 20.7 Å². The van der Waals surface area contributed by atoms with E-state index in [1.165, 1.54) is 0 Å². The van der Waals surface area contributed by atoms with E-state index in [-0.39, 0.29) is 18.6 Å². The molecule has 0 heterocycles. The lowest BCUT2D eigenvalue weighted by Crippen LogP contribution is -2.36. The van der Waals surface area contributed by atoms with Gasteiger partial charge in [0.1, 0.15) is 6.61 Å². The van der Waals surface area contributed by atoms with Crippen LogP contribution in [0.15, 0.2) is 12.2 Å². The first-order valence-electron chi connectivity index (χ1n) is 5.01. The Labute approximate surface area is 91.5 Å². The molecule has 0 aliphatic heterocycles. The molecule has 2 atom stereocenters. The molecule has 15 heavy (non-hydrogen) atoms. The molecule has 0 saturated heterocycles. The van der Waals surface area contributed by atoms with Gasteiger partial charge in [-0.25, -0.2) is 4.79 Å². The summed E-state index contributed by atoms with van der Waals surface area (Å²) in [6, 6.07) is 0.0355. The minimum Gasteiger partial charge on any atom is -0.461 e. The topological polar surface area (TPSA) is 49.8 Å². The van der Waals surface area contributed by atoms with Crippen molar-refractivity contribution < 1.29 is 14.6 Å². The van der Waals surface area contributed by atoms with Gasteiger partial charge in [0, 0.05) is 11.6 Å². The maximum Gasteiger partial charge on any atom is 0.333 e. The van der Waals surface area contributed by atoms with Crippen LogP contribution in [-0.2, 0) is 9.53 Å². The highest BCUT2D eigenvalue weighted by Gasteiger charge is 2.16. The number of aliphatic hydroxyl groups excluding tert-OH is 1. The lowest BCUT2D eigenvalue weighted by Gasteiger charge is -2.25. The van der Waals surface area contributed by atoms with Gasteiger partial charge in [-0.05, 0) is 34.4 Å². The van der Waals surface area contributed by atoms with Crippen molar-refractivity contribution in [3.8, 4) is 0 Å². The van der Waals surface area contributed by atoms with Crippen LogP contribution in [0.1, 0.15) is 20.3 Å². The number of hydrogen-bond donors (Lipinski definition) is 1. The van der Waals surface area contributed by atoms with E-state index in [0.717, 1.165) is 0 Å². The van der Waals surface area contributed by atoms with Crippen LogP contribution >= 0.6 is 0 Å². The Morgan fingerprint density at radius 2 is 2.07 bits per heavy atom. The number of carbonyl (C=O) groups is 1. The van der Waals surface area contributed by atoms with Gasteiger partial charge in [0.25, 0.3) is 0 Å². The van der Waals surface area contributed by atoms with Gasteiger partial charge in [0.2, 0.25) is 0 Å². The van der Waals surface area contributed by atoms with E-state index in [9.17, 15) is 9.90 Å². The lowest BCUT2D eigenvalue weighted by atomic mass is 10.1. The fraction of sp³-hybridized carbons (Fsp3) is 0.727. The first kappa shape index (κ1) is 14.1. The summed E-state index contributed by atoms with van der Waals surface area (Å²) in [5.74, 6) is -0.382. The smallest absolute Gasteiger partial charge is 0.333 e. The molecule has 0 bridgehead atoms. The summed E-state index contributed by atoms with van der Waals surface area (Å²) in [7, 11) is 3.78. The number of carbonyl (C=O) groups excluding carboxylic acids is 1. The van der Waals surface area contributed by atoms with Crippen molar-refractivity contribution in [1.82, 2.24) is 4.90 Å². The Morgan fingerprint density at radius 3 is 2.40 bits per heavy atom. The van der Waals surface area contributed by atoms with E-state index in [0.29, 0.717) is 12.0 Å². The highest BCUT2D eigenvalue weighted by molar-refractivity contribution is 5.86. The summed E-state index contributed by atoms with van der Waals surface area (Å²) >= 11 is 0. The minimum absolute atomic E-state index is 0.0355. The van der Waals surface area contributed by atoms with Crippen LogP contribution in [0.3, 0.4) is 0 Å². The van der Waals surface area contributed by atoms with Gasteiger partial charge in [-0.2, -0.15) is 0 Å². The van der Waals surface area contributed by atoms with Crippen LogP contribution < -0.4 is 0 Å². The maximum atomic E-state index is 11.2. The number of esters is 1. The predicted molar refractivity (Wildman–Crippen MR) is 59.5 cm³/mol. The Hall–Kier alpha value is -0.870. The third-order valence-electron chi connectivity index (χ3n) is 2.10. The van der Waals surface area contributed by atoms with Crippen LogP contribution in [0.25, 0.3) is 0 Å². The van der Waals surface area contributed by atoms with Crippen LogP contribution in [0.5, 0.6) is 0 Å². The summed E-state index contributed by atoms with van der Waals surface area (Å²) in [4.78, 5) is 13.1. The number of rotatable bonds is 6. The first-order chi connectivity index (χ1) is 6.84. The predicted octanol–water partition coefficient (Wildman–Crippen LogP) is 0.807. The fourth-order valence-corrected chi connectivity index (χ4v) is 1.12. The maximum absolute atomic E-state index is 11.2. The molecule has 0 aliphatic rings. The molecule has 0 fully saturated rings. The Bertz CT molecular complexity index is 224. The molecular weight excluding hydrogens is 194 g/mol. The minimum atomic E-state index is -0.402. The van der Waals surface area contributed by atoms with Crippen molar-refractivity contribution in [3.63, 3.8) is 0 Å². The molecule has 0 aromatic carbocycles. The zero-order chi connectivity index (χ0) is 12.0. The van der Waals surface area contributed by atoms with Crippen LogP contribution in [-0.4, -0.2) is 48.8 Å². The third kappa shape index (κ3) is 6.25. The number of ether oxygens (including phenoxy) is 1. The number of nitrogens with zero attached hydrogens (tertiary/aromatic N) is 1. The van der Waals surface area contributed by atoms with E-state index < -0.39 is 6.10 Å². The molecule has 2 unspecified atom stereocenters. The zero-order valence-electron chi connectivity index (χ0n) is 9.99. The van der Waals surface area contributed by atoms with Crippen molar-refractivity contribution >= 4 is 5.97 Å². The van der Waals surface area contributed by atoms with E-state index in [4.69, 9.17) is 4.74 Å². The molecule has 0 spiro atoms. The Morgan fingerprint density at radius 1 is 1.53 bits per heavy atom. The quantitative estimate of drug-likeness (QED) is 0.526. The third-order valence-corrected chi connectivity index (χ3v) is 2.10. The van der Waals surface area contributed by atoms with Gasteiger partial charge >= 0.3 is 5.97 Å². The summed E-state index contributed by atoms with van der Waals surface area (Å²) < 4.78 is 5.04. The molecule has 0 saturated carbocycles. The number of aliphatic hydroxyl groups is 1. The van der Waals surface area contributed by atoms with E-state index in [1.807, 2.05) is 19.0 Å². The van der Waals surface area contributed by atoms with Crippen molar-refractivity contribution in [3.05, 3.63) is 12.2 Å². The van der Waals surface area contributed by atoms with Gasteiger partial charge in [0.15, 0.2) is 0 Å². The van der Waals surface area contributed by atoms with E-state index in [1.54, 1.807) is 13.8 Å². The summed E-state index contributed by atoms with van der Waals surface area (Å²) in [5.41, 5.74) is 0.393. The highest BCUT2D eigenvalue weighted by Crippen LogP contribution is 2.05. The fourth-order valence-electron chi connectivity index (χ4n) is 1.12. The largest absolute Gasteiger partial charge is 0.461 e. The highest BCUT2D eigenvalue weighted by atomic mass is 16.5. The molecule has 4 heteroatoms. The molecule has 4 nitrogen and oxygen atoms in total. The van der Waals surface area contributed by atoms with Crippen LogP contribution in [0.4, 0.5) is 0 Å². The van der Waals surface area contributed by atoms with E-state index in [2.05, 4.69) is 6.58 Å². The number of hydrogen-bond acceptors (Lipinski definition) is 4. The van der Waals surface area contributed by atoms with Crippen molar-refractivity contribution in [2.45, 2.75) is 32.4 Å². The molecule has 0 amide bonds. The Kier molecular flexibility index (Phi) is 6.20. The van der Waals surface area contributed by atoms with Crippen molar-refractivity contribution in [1.29, 1.82) is 0 Å². The van der Waals surface area contributed by atoms with Gasteiger partial charge in [-0.1, -0.05) is 6.58 Å². The monoisotopic (exact) mass is 215 g/mol. The SMILES string of the molecule is C=C(C)C(=O)OCC(CC(C)O)N(C)C. The molecule has 0 aromatic heterocycles. The van der Waals surface area contributed by atoms with Crippen LogP contribution in [0, 0.1) is 0 Å². The molecule has 88 valence electrons. The molecule has 1 N–H and O–H groups in total. The van der Waals surface area contributed by atoms with E-state index >= 15 is 0 Å². The molecular formula is C11H21NO3. The second-order valence-electron chi connectivity index (χ2n) is 4.08. The second kappa shape index (κ2) is 6.58. The Balaban J connectivity index is 4.07. The molecule has 0 radical (unpaired) electrons. The molecule has 0 rings (SSSR count). The second-order valence-corrected chi connectivity index (χ2v) is 4.08. The average molecular weight is 215 g/mol. The van der Waals surface area contributed by atoms with Gasteiger partial charge in [-0.3, -0.25) is 0 Å². The van der Waals surface area contributed by atoms with Crippen LogP contribution in [0.2, 0.25) is 0 Å². The van der Waals surface area contributed by atoms with Gasteiger partial charge in [-0.15, -0.1) is 0 Å². The van der Waals surface area contributed by atoms with Gasteiger partial charge < -0.3 is 14.7 Å². The first-order valence-corrected chi connectivity index (χ1v) is 5.01. The van der Waals surface area contributed by atoms with Gasteiger partial charge in [0.05, 0.1) is 6.10 Å². The zero-order valence-corrected chi connectivity index (χ0v) is 9.99. The molecule has 0 aromatic rings. The normalized spacial score (nSPS) is 14.8. The lowest BCUT2D eigenvalue weighted by molar-refractivity contribution is -0.140. The standard InChI is InChI=1S/C11H21NO3/c1-8(2)11(14)15-7-10(12(4)5)6-9(3)13/h9-10,13H,1,6-7H2,2-5H3. The number of likely N-dealkylation sites (N-methyl/N-ethyl adjacent to an activating group) is 1. The summed E-state index contributed by atoms with van der Waals surface area (Å²) in [6.07, 6.45) is 0.178.